The molecule has 0 radical (unpaired) electrons. The summed E-state index contributed by atoms with van der Waals surface area (Å²) in [4.78, 5) is 6.57. The van der Waals surface area contributed by atoms with Gasteiger partial charge in [0.15, 0.2) is 0 Å². The van der Waals surface area contributed by atoms with Crippen LogP contribution in [0.5, 0.6) is 0 Å². The van der Waals surface area contributed by atoms with Crippen LogP contribution < -0.4 is 5.73 Å². The molecule has 0 amide bonds. The van der Waals surface area contributed by atoms with Crippen LogP contribution in [0.4, 0.5) is 0 Å². The molecule has 1 saturated heterocycles. The van der Waals surface area contributed by atoms with E-state index in [9.17, 15) is 8.42 Å². The van der Waals surface area contributed by atoms with Crippen LogP contribution in [0.3, 0.4) is 0 Å². The van der Waals surface area contributed by atoms with Crippen molar-refractivity contribution in [2.45, 2.75) is 13.1 Å². The lowest BCUT2D eigenvalue weighted by molar-refractivity contribution is 0.180. The summed E-state index contributed by atoms with van der Waals surface area (Å²) < 4.78 is 24.3. The highest BCUT2D eigenvalue weighted by atomic mass is 32.2. The van der Waals surface area contributed by atoms with Crippen molar-refractivity contribution in [1.82, 2.24) is 14.2 Å². The molecule has 1 fully saturated rings. The number of hydrogen-bond acceptors (Lipinski definition) is 5. The fourth-order valence-electron chi connectivity index (χ4n) is 2.12. The first kappa shape index (κ1) is 14.4. The van der Waals surface area contributed by atoms with Crippen molar-refractivity contribution in [3.05, 3.63) is 29.6 Å². The van der Waals surface area contributed by atoms with Crippen molar-refractivity contribution < 1.29 is 8.42 Å². The van der Waals surface area contributed by atoms with Gasteiger partial charge in [-0.1, -0.05) is 6.07 Å². The van der Waals surface area contributed by atoms with Gasteiger partial charge in [0.05, 0.1) is 11.9 Å². The van der Waals surface area contributed by atoms with Crippen molar-refractivity contribution in [3.63, 3.8) is 0 Å². The lowest BCUT2D eigenvalue weighted by atomic mass is 10.2. The molecule has 0 atom stereocenters. The van der Waals surface area contributed by atoms with Crippen molar-refractivity contribution in [3.8, 4) is 0 Å². The molecule has 6 nitrogen and oxygen atoms in total. The maximum absolute atomic E-state index is 11.4. The van der Waals surface area contributed by atoms with Crippen molar-refractivity contribution in [2.24, 2.45) is 5.73 Å². The third-order valence-electron chi connectivity index (χ3n) is 3.31. The molecule has 0 unspecified atom stereocenters. The second kappa shape index (κ2) is 5.96. The molecule has 0 spiro atoms. The van der Waals surface area contributed by atoms with Gasteiger partial charge in [0.2, 0.25) is 10.0 Å². The number of piperazine rings is 1. The maximum Gasteiger partial charge on any atom is 0.211 e. The molecular weight excluding hydrogens is 264 g/mol. The Morgan fingerprint density at radius 3 is 2.42 bits per heavy atom. The van der Waals surface area contributed by atoms with Gasteiger partial charge >= 0.3 is 0 Å². The molecule has 0 aromatic carbocycles. The zero-order valence-electron chi connectivity index (χ0n) is 11.1. The van der Waals surface area contributed by atoms with Crippen molar-refractivity contribution in [1.29, 1.82) is 0 Å². The molecule has 1 aliphatic heterocycles. The zero-order valence-corrected chi connectivity index (χ0v) is 11.9. The molecule has 0 bridgehead atoms. The average molecular weight is 284 g/mol. The van der Waals surface area contributed by atoms with Crippen molar-refractivity contribution in [2.75, 3.05) is 32.4 Å². The lowest BCUT2D eigenvalue weighted by Crippen LogP contribution is -2.47. The summed E-state index contributed by atoms with van der Waals surface area (Å²) in [6.07, 6.45) is 3.05. The molecule has 0 aliphatic carbocycles. The first-order valence-electron chi connectivity index (χ1n) is 6.30. The van der Waals surface area contributed by atoms with E-state index < -0.39 is 10.0 Å². The molecule has 7 heteroatoms. The van der Waals surface area contributed by atoms with E-state index >= 15 is 0 Å². The Morgan fingerprint density at radius 2 is 1.95 bits per heavy atom. The smallest absolute Gasteiger partial charge is 0.211 e. The van der Waals surface area contributed by atoms with E-state index in [4.69, 9.17) is 5.73 Å². The molecule has 1 aliphatic rings. The normalized spacial score (nSPS) is 18.6. The van der Waals surface area contributed by atoms with Gasteiger partial charge in [0.25, 0.3) is 0 Å². The Balaban J connectivity index is 1.88. The molecule has 1 aromatic heterocycles. The van der Waals surface area contributed by atoms with E-state index in [1.54, 1.807) is 6.20 Å². The Morgan fingerprint density at radius 1 is 1.26 bits per heavy atom. The topological polar surface area (TPSA) is 79.5 Å². The minimum Gasteiger partial charge on any atom is -0.326 e. The van der Waals surface area contributed by atoms with Gasteiger partial charge in [-0.3, -0.25) is 9.88 Å². The first-order chi connectivity index (χ1) is 8.99. The second-order valence-corrected chi connectivity index (χ2v) is 6.78. The molecule has 2 rings (SSSR count). The van der Waals surface area contributed by atoms with Crippen LogP contribution in [-0.4, -0.2) is 55.0 Å². The minimum absolute atomic E-state index is 0.500. The van der Waals surface area contributed by atoms with Crippen LogP contribution >= 0.6 is 0 Å². The van der Waals surface area contributed by atoms with Crippen LogP contribution in [0.15, 0.2) is 18.3 Å². The van der Waals surface area contributed by atoms with Gasteiger partial charge in [-0.05, 0) is 11.6 Å². The van der Waals surface area contributed by atoms with Gasteiger partial charge in [0.1, 0.15) is 0 Å². The summed E-state index contributed by atoms with van der Waals surface area (Å²) in [5, 5.41) is 0. The van der Waals surface area contributed by atoms with E-state index in [0.29, 0.717) is 19.6 Å². The van der Waals surface area contributed by atoms with Gasteiger partial charge in [0, 0.05) is 45.5 Å². The van der Waals surface area contributed by atoms with E-state index in [1.807, 2.05) is 12.1 Å². The second-order valence-electron chi connectivity index (χ2n) is 4.80. The van der Waals surface area contributed by atoms with Crippen LogP contribution in [0.1, 0.15) is 11.3 Å². The Labute approximate surface area is 114 Å². The van der Waals surface area contributed by atoms with E-state index in [0.717, 1.165) is 30.9 Å². The van der Waals surface area contributed by atoms with E-state index in [-0.39, 0.29) is 0 Å². The Hall–Kier alpha value is -1.02. The van der Waals surface area contributed by atoms with Crippen LogP contribution in [0.25, 0.3) is 0 Å². The quantitative estimate of drug-likeness (QED) is 0.815. The number of pyridine rings is 1. The number of sulfonamides is 1. The standard InChI is InChI=1S/C12H20N4O2S/c1-19(17,18)16-6-4-15(5-7-16)10-12-3-2-11(8-13)9-14-12/h2-3,9H,4-8,10,13H2,1H3. The molecule has 2 N–H and O–H groups in total. The summed E-state index contributed by atoms with van der Waals surface area (Å²) in [5.41, 5.74) is 7.54. The fraction of sp³-hybridized carbons (Fsp3) is 0.583. The highest BCUT2D eigenvalue weighted by Crippen LogP contribution is 2.09. The predicted molar refractivity (Wildman–Crippen MR) is 73.8 cm³/mol. The number of nitrogens with two attached hydrogens (primary N) is 1. The van der Waals surface area contributed by atoms with Crippen molar-refractivity contribution >= 4 is 10.0 Å². The Kier molecular flexibility index (Phi) is 4.51. The highest BCUT2D eigenvalue weighted by molar-refractivity contribution is 7.88. The third-order valence-corrected chi connectivity index (χ3v) is 4.61. The third kappa shape index (κ3) is 3.97. The maximum atomic E-state index is 11.4. The molecule has 106 valence electrons. The van der Waals surface area contributed by atoms with Gasteiger partial charge in [-0.15, -0.1) is 0 Å². The average Bonchev–Trinajstić information content (AvgIpc) is 2.39. The van der Waals surface area contributed by atoms with Crippen LogP contribution in [-0.2, 0) is 23.1 Å². The largest absolute Gasteiger partial charge is 0.326 e. The summed E-state index contributed by atoms with van der Waals surface area (Å²) in [6.45, 7) is 3.85. The minimum atomic E-state index is -3.05. The van der Waals surface area contributed by atoms with E-state index in [2.05, 4.69) is 9.88 Å². The zero-order chi connectivity index (χ0) is 13.9. The summed E-state index contributed by atoms with van der Waals surface area (Å²) in [5.74, 6) is 0. The number of aromatic nitrogens is 1. The van der Waals surface area contributed by atoms with Gasteiger partial charge < -0.3 is 5.73 Å². The molecule has 19 heavy (non-hydrogen) atoms. The number of rotatable bonds is 4. The molecule has 0 saturated carbocycles. The number of nitrogens with zero attached hydrogens (tertiary/aromatic N) is 3. The summed E-state index contributed by atoms with van der Waals surface area (Å²) >= 11 is 0. The first-order valence-corrected chi connectivity index (χ1v) is 8.15. The van der Waals surface area contributed by atoms with Gasteiger partial charge in [-0.25, -0.2) is 8.42 Å². The highest BCUT2D eigenvalue weighted by Gasteiger charge is 2.23. The van der Waals surface area contributed by atoms with Gasteiger partial charge in [-0.2, -0.15) is 4.31 Å². The van der Waals surface area contributed by atoms with E-state index in [1.165, 1.54) is 10.6 Å². The molecular formula is C12H20N4O2S. The summed E-state index contributed by atoms with van der Waals surface area (Å²) in [6, 6.07) is 3.96. The monoisotopic (exact) mass is 284 g/mol. The Bertz CT molecular complexity index is 507. The molecule has 1 aromatic rings. The summed E-state index contributed by atoms with van der Waals surface area (Å²) in [7, 11) is -3.05. The number of hydrogen-bond donors (Lipinski definition) is 1. The van der Waals surface area contributed by atoms with Crippen LogP contribution in [0, 0.1) is 0 Å². The lowest BCUT2D eigenvalue weighted by Gasteiger charge is -2.32. The molecule has 2 heterocycles. The van der Waals surface area contributed by atoms with Crippen LogP contribution in [0.2, 0.25) is 0 Å². The fourth-order valence-corrected chi connectivity index (χ4v) is 2.94. The SMILES string of the molecule is CS(=O)(=O)N1CCN(Cc2ccc(CN)cn2)CC1. The predicted octanol–water partition coefficient (Wildman–Crippen LogP) is -0.382.